The van der Waals surface area contributed by atoms with Crippen LogP contribution in [0, 0.1) is 0 Å². The van der Waals surface area contributed by atoms with E-state index in [1.54, 1.807) is 4.90 Å². The molecule has 1 saturated heterocycles. The molecule has 1 aliphatic heterocycles. The van der Waals surface area contributed by atoms with Crippen molar-refractivity contribution in [2.45, 2.75) is 25.9 Å². The fraction of sp³-hybridized carbons (Fsp3) is 0.600. The Balaban J connectivity index is 1.91. The van der Waals surface area contributed by atoms with Gasteiger partial charge in [0.1, 0.15) is 6.54 Å². The van der Waals surface area contributed by atoms with Crippen molar-refractivity contribution in [1.29, 1.82) is 0 Å². The van der Waals surface area contributed by atoms with Crippen molar-refractivity contribution in [2.75, 3.05) is 18.4 Å². The quantitative estimate of drug-likeness (QED) is 0.702. The third-order valence-electron chi connectivity index (χ3n) is 2.69. The molecular formula is C10H16N6O2. The molecule has 98 valence electrons. The van der Waals surface area contributed by atoms with Gasteiger partial charge in [-0.3, -0.25) is 9.59 Å². The molecule has 2 rings (SSSR count). The molecule has 0 radical (unpaired) electrons. The number of likely N-dealkylation sites (tertiary alicyclic amines) is 1. The van der Waals surface area contributed by atoms with Crippen LogP contribution in [0.4, 0.5) is 5.82 Å². The Labute approximate surface area is 104 Å². The summed E-state index contributed by atoms with van der Waals surface area (Å²) < 4.78 is 0. The van der Waals surface area contributed by atoms with Crippen LogP contribution in [-0.2, 0) is 16.1 Å². The molecule has 8 nitrogen and oxygen atoms in total. The number of aromatic nitrogens is 3. The summed E-state index contributed by atoms with van der Waals surface area (Å²) in [5.74, 6) is 0.0558. The van der Waals surface area contributed by atoms with E-state index in [2.05, 4.69) is 15.5 Å². The largest absolute Gasteiger partial charge is 0.339 e. The molecule has 8 heteroatoms. The van der Waals surface area contributed by atoms with Gasteiger partial charge in [-0.15, -0.1) is 5.10 Å². The summed E-state index contributed by atoms with van der Waals surface area (Å²) in [4.78, 5) is 25.6. The van der Waals surface area contributed by atoms with Gasteiger partial charge in [0.05, 0.1) is 6.20 Å². The van der Waals surface area contributed by atoms with E-state index in [0.717, 1.165) is 6.42 Å². The average molecular weight is 252 g/mol. The van der Waals surface area contributed by atoms with Crippen LogP contribution < -0.4 is 11.1 Å². The van der Waals surface area contributed by atoms with Crippen molar-refractivity contribution in [3.63, 3.8) is 0 Å². The van der Waals surface area contributed by atoms with E-state index < -0.39 is 0 Å². The van der Waals surface area contributed by atoms with Crippen LogP contribution in [0.5, 0.6) is 0 Å². The highest BCUT2D eigenvalue weighted by Crippen LogP contribution is 2.08. The second-order valence-corrected chi connectivity index (χ2v) is 4.33. The second-order valence-electron chi connectivity index (χ2n) is 4.33. The van der Waals surface area contributed by atoms with Gasteiger partial charge in [0.25, 0.3) is 0 Å². The van der Waals surface area contributed by atoms with Crippen LogP contribution in [-0.4, -0.2) is 50.8 Å². The zero-order valence-corrected chi connectivity index (χ0v) is 10.2. The van der Waals surface area contributed by atoms with Gasteiger partial charge in [0, 0.05) is 26.1 Å². The lowest BCUT2D eigenvalue weighted by molar-refractivity contribution is -0.131. The Morgan fingerprint density at radius 3 is 3.00 bits per heavy atom. The minimum atomic E-state index is -0.223. The Hall–Kier alpha value is -1.96. The summed E-state index contributed by atoms with van der Waals surface area (Å²) in [7, 11) is 0. The number of hydrogen-bond donors (Lipinski definition) is 2. The first-order chi connectivity index (χ1) is 8.54. The molecule has 1 aliphatic rings. The van der Waals surface area contributed by atoms with Gasteiger partial charge in [-0.25, -0.2) is 0 Å². The molecule has 0 saturated carbocycles. The summed E-state index contributed by atoms with van der Waals surface area (Å²) in [6.45, 7) is 2.71. The molecule has 0 spiro atoms. The van der Waals surface area contributed by atoms with Gasteiger partial charge in [-0.05, 0) is 6.42 Å². The molecule has 0 aromatic carbocycles. The fourth-order valence-electron chi connectivity index (χ4n) is 1.85. The predicted molar refractivity (Wildman–Crippen MR) is 63.5 cm³/mol. The minimum Gasteiger partial charge on any atom is -0.339 e. The second kappa shape index (κ2) is 5.13. The third kappa shape index (κ3) is 3.04. The van der Waals surface area contributed by atoms with Gasteiger partial charge in [0.2, 0.25) is 11.8 Å². The zero-order chi connectivity index (χ0) is 13.1. The third-order valence-corrected chi connectivity index (χ3v) is 2.69. The van der Waals surface area contributed by atoms with Crippen molar-refractivity contribution >= 4 is 17.6 Å². The predicted octanol–water partition coefficient (Wildman–Crippen LogP) is -1.20. The van der Waals surface area contributed by atoms with E-state index in [4.69, 9.17) is 5.73 Å². The molecular weight excluding hydrogens is 236 g/mol. The number of nitrogens with two attached hydrogens (primary N) is 1. The van der Waals surface area contributed by atoms with Gasteiger partial charge < -0.3 is 16.0 Å². The number of hydrogen-bond acceptors (Lipinski definition) is 5. The molecule has 1 aromatic rings. The van der Waals surface area contributed by atoms with Crippen LogP contribution in [0.15, 0.2) is 6.20 Å². The van der Waals surface area contributed by atoms with E-state index in [1.807, 2.05) is 0 Å². The number of carbonyl (C=O) groups is 2. The summed E-state index contributed by atoms with van der Waals surface area (Å²) in [5, 5.41) is 10.4. The number of rotatable bonds is 3. The van der Waals surface area contributed by atoms with E-state index in [9.17, 15) is 9.59 Å². The van der Waals surface area contributed by atoms with Crippen molar-refractivity contribution in [3.8, 4) is 0 Å². The summed E-state index contributed by atoms with van der Waals surface area (Å²) in [6.07, 6.45) is 2.24. The van der Waals surface area contributed by atoms with Crippen molar-refractivity contribution in [1.82, 2.24) is 19.9 Å². The highest BCUT2D eigenvalue weighted by Gasteiger charge is 2.24. The fourth-order valence-corrected chi connectivity index (χ4v) is 1.85. The molecule has 2 amide bonds. The van der Waals surface area contributed by atoms with Gasteiger partial charge in [0.15, 0.2) is 5.82 Å². The Kier molecular flexibility index (Phi) is 3.56. The van der Waals surface area contributed by atoms with E-state index >= 15 is 0 Å². The Morgan fingerprint density at radius 2 is 2.39 bits per heavy atom. The lowest BCUT2D eigenvalue weighted by atomic mass is 10.3. The standard InChI is InChI=1S/C10H16N6O2/c1-7(17)13-9-4-12-16(14-9)6-10(18)15-3-2-8(11)5-15/h4,8H,2-3,5-6,11H2,1H3,(H,13,14,17). The number of amides is 2. The van der Waals surface area contributed by atoms with E-state index in [-0.39, 0.29) is 24.4 Å². The van der Waals surface area contributed by atoms with Gasteiger partial charge in [-0.1, -0.05) is 0 Å². The highest BCUT2D eigenvalue weighted by atomic mass is 16.2. The first-order valence-electron chi connectivity index (χ1n) is 5.75. The first kappa shape index (κ1) is 12.5. The normalized spacial score (nSPS) is 19.0. The minimum absolute atomic E-state index is 0.0618. The first-order valence-corrected chi connectivity index (χ1v) is 5.75. The molecule has 18 heavy (non-hydrogen) atoms. The monoisotopic (exact) mass is 252 g/mol. The van der Waals surface area contributed by atoms with E-state index in [0.29, 0.717) is 18.9 Å². The number of carbonyl (C=O) groups excluding carboxylic acids is 2. The molecule has 3 N–H and O–H groups in total. The van der Waals surface area contributed by atoms with Crippen LogP contribution in [0.1, 0.15) is 13.3 Å². The molecule has 0 bridgehead atoms. The van der Waals surface area contributed by atoms with Crippen LogP contribution in [0.2, 0.25) is 0 Å². The van der Waals surface area contributed by atoms with Gasteiger partial charge in [-0.2, -0.15) is 9.90 Å². The van der Waals surface area contributed by atoms with Crippen molar-refractivity contribution in [2.24, 2.45) is 5.73 Å². The van der Waals surface area contributed by atoms with Crippen molar-refractivity contribution < 1.29 is 9.59 Å². The zero-order valence-electron chi connectivity index (χ0n) is 10.2. The molecule has 1 aromatic heterocycles. The molecule has 1 fully saturated rings. The number of anilines is 1. The Morgan fingerprint density at radius 1 is 1.61 bits per heavy atom. The lowest BCUT2D eigenvalue weighted by Crippen LogP contribution is -2.34. The number of nitrogens with one attached hydrogen (secondary N) is 1. The maximum absolute atomic E-state index is 11.9. The van der Waals surface area contributed by atoms with Crippen molar-refractivity contribution in [3.05, 3.63) is 6.20 Å². The lowest BCUT2D eigenvalue weighted by Gasteiger charge is -2.14. The summed E-state index contributed by atoms with van der Waals surface area (Å²) in [5.41, 5.74) is 5.74. The highest BCUT2D eigenvalue weighted by molar-refractivity contribution is 5.87. The molecule has 1 unspecified atom stereocenters. The number of nitrogens with zero attached hydrogens (tertiary/aromatic N) is 4. The van der Waals surface area contributed by atoms with Crippen LogP contribution in [0.3, 0.4) is 0 Å². The maximum atomic E-state index is 11.9. The molecule has 2 heterocycles. The summed E-state index contributed by atoms with van der Waals surface area (Å²) in [6, 6.07) is 0.0643. The molecule has 0 aliphatic carbocycles. The maximum Gasteiger partial charge on any atom is 0.246 e. The summed E-state index contributed by atoms with van der Waals surface area (Å²) >= 11 is 0. The molecule has 1 atom stereocenters. The average Bonchev–Trinajstić information content (AvgIpc) is 2.87. The van der Waals surface area contributed by atoms with Crippen LogP contribution >= 0.6 is 0 Å². The topological polar surface area (TPSA) is 106 Å². The SMILES string of the molecule is CC(=O)Nc1cnn(CC(=O)N2CCC(N)C2)n1. The Bertz CT molecular complexity index is 457. The van der Waals surface area contributed by atoms with Gasteiger partial charge >= 0.3 is 0 Å². The smallest absolute Gasteiger partial charge is 0.246 e. The van der Waals surface area contributed by atoms with Crippen LogP contribution in [0.25, 0.3) is 0 Å². The van der Waals surface area contributed by atoms with E-state index in [1.165, 1.54) is 17.9 Å².